The normalized spacial score (nSPS) is 30.5. The van der Waals surface area contributed by atoms with Gasteiger partial charge in [0.2, 0.25) is 35.4 Å². The molecule has 12 fully saturated rings. The van der Waals surface area contributed by atoms with E-state index in [0.717, 1.165) is 188 Å². The van der Waals surface area contributed by atoms with Crippen LogP contribution in [0.5, 0.6) is 0 Å². The minimum Gasteiger partial charge on any atom is -0.341 e. The molecule has 12 aliphatic heterocycles. The molecule has 6 amide bonds. The molecule has 28 heteroatoms. The molecule has 11 atom stereocenters. The third kappa shape index (κ3) is 32.3. The van der Waals surface area contributed by atoms with Crippen molar-refractivity contribution < 1.29 is 45.6 Å². The van der Waals surface area contributed by atoms with Gasteiger partial charge in [0.05, 0.1) is 58.3 Å². The molecular weight excluding hydrogens is 1500 g/mol. The van der Waals surface area contributed by atoms with Crippen molar-refractivity contribution in [1.29, 1.82) is 0 Å². The first-order valence-corrected chi connectivity index (χ1v) is 50.6. The second-order valence-electron chi connectivity index (χ2n) is 35.0. The lowest BCUT2D eigenvalue weighted by Crippen LogP contribution is -2.50. The SMILES string of the molecule is CCN1CCC(CN2CCCCC(NC)C2=O)CC1.CCN1CCCC(CN2CCCCC(NC)C2=O)C1.CCN1CCCCCC1CN1CCCCC(NC)C1=O.CNC1CCCCN(CC2CCCCCS2)C1=O.CNC1CCCCN(CC2CCCCS2(=O)=O)C1=O.CNC1CCCCN(CC2CCCCS2(=O)=O)C1=O. The van der Waals surface area contributed by atoms with Crippen molar-refractivity contribution in [2.45, 2.75) is 310 Å². The number of nitrogens with zero attached hydrogens (tertiary/aromatic N) is 9. The molecule has 12 rings (SSSR count). The lowest BCUT2D eigenvalue weighted by Gasteiger charge is -2.35. The van der Waals surface area contributed by atoms with Gasteiger partial charge in [-0.2, -0.15) is 11.8 Å². The zero-order valence-corrected chi connectivity index (χ0v) is 75.4. The van der Waals surface area contributed by atoms with E-state index in [9.17, 15) is 45.6 Å². The van der Waals surface area contributed by atoms with Gasteiger partial charge in [0.15, 0.2) is 19.7 Å². The van der Waals surface area contributed by atoms with E-state index in [4.69, 9.17) is 0 Å². The number of likely N-dealkylation sites (N-methyl/N-ethyl adjacent to an activating group) is 7. The van der Waals surface area contributed by atoms with Gasteiger partial charge in [0.25, 0.3) is 0 Å². The number of piperidine rings is 2. The van der Waals surface area contributed by atoms with Crippen LogP contribution in [0.1, 0.15) is 252 Å². The summed E-state index contributed by atoms with van der Waals surface area (Å²) in [6, 6.07) is 0.484. The molecule has 11 unspecified atom stereocenters. The molecule has 0 aromatic heterocycles. The van der Waals surface area contributed by atoms with E-state index >= 15 is 0 Å². The fourth-order valence-corrected chi connectivity index (χ4v) is 24.5. The molecule has 114 heavy (non-hydrogen) atoms. The first-order chi connectivity index (χ1) is 55.1. The van der Waals surface area contributed by atoms with Crippen LogP contribution in [0.25, 0.3) is 0 Å². The van der Waals surface area contributed by atoms with Gasteiger partial charge in [-0.1, -0.05) is 59.3 Å². The highest BCUT2D eigenvalue weighted by molar-refractivity contribution is 7.99. The molecule has 0 aromatic carbocycles. The zero-order valence-electron chi connectivity index (χ0n) is 73.0. The van der Waals surface area contributed by atoms with Crippen LogP contribution in [0.3, 0.4) is 0 Å². The van der Waals surface area contributed by atoms with Gasteiger partial charge in [-0.05, 0) is 298 Å². The molecule has 0 aliphatic carbocycles. The van der Waals surface area contributed by atoms with Crippen molar-refractivity contribution in [2.75, 3.05) is 190 Å². The van der Waals surface area contributed by atoms with Gasteiger partial charge in [0, 0.05) is 96.4 Å². The maximum atomic E-state index is 12.6. The standard InChI is InChI=1S/C16H31N3O.2C15H29N3O.C14H26N2OS.2C13H24N2O3S/c1-3-18-11-7-4-5-9-14(18)13-19-12-8-6-10-15(17-2)16(19)20;1-3-17-9-6-7-13(11-17)12-18-10-5-4-8-14(16-2)15(18)19;1-3-17-10-7-13(8-11-17)12-18-9-5-4-6-14(16-2)15(18)19;1-15-13-8-4-5-9-16(14(13)17)11-12-7-3-2-6-10-18-12;2*1-14-12-7-2-4-8-15(13(12)16)10-11-6-3-5-9-19(11,17)18/h14-15,17H,3-13H2,1-2H3;2*13-14,16H,3-12H2,1-2H3;12-13,15H,2-11H2,1H3;2*11-12,14H,2-10H2,1H3. The number of hydrogen-bond donors (Lipinski definition) is 6. The number of nitrogens with one attached hydrogen (secondary N) is 6. The fraction of sp³-hybridized carbons (Fsp3) is 0.930. The molecule has 0 spiro atoms. The van der Waals surface area contributed by atoms with Gasteiger partial charge >= 0.3 is 0 Å². The molecule has 12 saturated heterocycles. The van der Waals surface area contributed by atoms with Crippen molar-refractivity contribution >= 4 is 66.9 Å². The van der Waals surface area contributed by atoms with Gasteiger partial charge in [0.1, 0.15) is 0 Å². The summed E-state index contributed by atoms with van der Waals surface area (Å²) in [7, 11) is 5.24. The van der Waals surface area contributed by atoms with Crippen molar-refractivity contribution in [2.24, 2.45) is 11.8 Å². The summed E-state index contributed by atoms with van der Waals surface area (Å²) in [4.78, 5) is 94.1. The third-order valence-corrected chi connectivity index (χ3v) is 32.9. The molecular formula is C86H163N15O10S3. The van der Waals surface area contributed by atoms with E-state index in [1.165, 1.54) is 141 Å². The van der Waals surface area contributed by atoms with Crippen LogP contribution in [0, 0.1) is 11.8 Å². The third-order valence-electron chi connectivity index (χ3n) is 27.0. The Hall–Kier alpha value is -3.29. The Bertz CT molecular complexity index is 2920. The summed E-state index contributed by atoms with van der Waals surface area (Å²) < 4.78 is 48.2. The number of rotatable bonds is 21. The van der Waals surface area contributed by atoms with Crippen LogP contribution in [0.15, 0.2) is 0 Å². The fourth-order valence-electron chi connectivity index (χ4n) is 19.5. The van der Waals surface area contributed by atoms with E-state index in [0.29, 0.717) is 85.8 Å². The van der Waals surface area contributed by atoms with Gasteiger partial charge in [-0.3, -0.25) is 33.7 Å². The monoisotopic (exact) mass is 1660 g/mol. The number of carbonyl (C=O) groups is 6. The molecule has 0 aromatic rings. The highest BCUT2D eigenvalue weighted by atomic mass is 32.2. The van der Waals surface area contributed by atoms with E-state index in [2.05, 4.69) is 98.7 Å². The summed E-state index contributed by atoms with van der Waals surface area (Å²) in [5.74, 6) is 4.70. The van der Waals surface area contributed by atoms with Crippen LogP contribution >= 0.6 is 11.8 Å². The number of sulfone groups is 2. The Kier molecular flexibility index (Phi) is 45.9. The quantitative estimate of drug-likeness (QED) is 0.0638. The summed E-state index contributed by atoms with van der Waals surface area (Å²) in [5.41, 5.74) is 0. The number of amides is 6. The Morgan fingerprint density at radius 3 is 1.03 bits per heavy atom. The average Bonchev–Trinajstić information content (AvgIpc) is 0.866. The molecule has 12 heterocycles. The van der Waals surface area contributed by atoms with Gasteiger partial charge in [-0.25, -0.2) is 16.8 Å². The summed E-state index contributed by atoms with van der Waals surface area (Å²) in [5, 5.41) is 18.8. The Labute approximate surface area is 696 Å². The Morgan fingerprint density at radius 2 is 0.640 bits per heavy atom. The van der Waals surface area contributed by atoms with E-state index in [-0.39, 0.29) is 70.1 Å². The number of hydrogen-bond acceptors (Lipinski definition) is 20. The Morgan fingerprint density at radius 1 is 0.298 bits per heavy atom. The second-order valence-corrected chi connectivity index (χ2v) is 41.2. The van der Waals surface area contributed by atoms with E-state index in [1.54, 1.807) is 23.9 Å². The van der Waals surface area contributed by atoms with Crippen molar-refractivity contribution in [3.63, 3.8) is 0 Å². The minimum atomic E-state index is -3.00. The first kappa shape index (κ1) is 97.8. The number of likely N-dealkylation sites (tertiary alicyclic amines) is 9. The van der Waals surface area contributed by atoms with Crippen LogP contribution < -0.4 is 31.9 Å². The van der Waals surface area contributed by atoms with Crippen LogP contribution in [-0.4, -0.2) is 345 Å². The maximum Gasteiger partial charge on any atom is 0.239 e. The second kappa shape index (κ2) is 53.5. The van der Waals surface area contributed by atoms with Crippen LogP contribution in [0.4, 0.5) is 0 Å². The molecule has 0 saturated carbocycles. The first-order valence-electron chi connectivity index (χ1n) is 46.1. The molecule has 0 bridgehead atoms. The van der Waals surface area contributed by atoms with Gasteiger partial charge < -0.3 is 71.1 Å². The smallest absolute Gasteiger partial charge is 0.239 e. The largest absolute Gasteiger partial charge is 0.341 e. The Balaban J connectivity index is 0.000000190. The average molecular weight is 1660 g/mol. The lowest BCUT2D eigenvalue weighted by atomic mass is 9.96. The van der Waals surface area contributed by atoms with Crippen LogP contribution in [0.2, 0.25) is 0 Å². The predicted octanol–water partition coefficient (Wildman–Crippen LogP) is 7.86. The molecule has 6 N–H and O–H groups in total. The predicted molar refractivity (Wildman–Crippen MR) is 466 cm³/mol. The van der Waals surface area contributed by atoms with Crippen LogP contribution in [-0.2, 0) is 48.4 Å². The topological polar surface area (TPSA) is 272 Å². The van der Waals surface area contributed by atoms with Crippen molar-refractivity contribution in [1.82, 2.24) is 76.0 Å². The highest BCUT2D eigenvalue weighted by Gasteiger charge is 2.39. The lowest BCUT2D eigenvalue weighted by molar-refractivity contribution is -0.134. The van der Waals surface area contributed by atoms with Crippen molar-refractivity contribution in [3.05, 3.63) is 0 Å². The minimum absolute atomic E-state index is 0.0401. The molecule has 660 valence electrons. The van der Waals surface area contributed by atoms with E-state index in [1.807, 2.05) is 28.2 Å². The van der Waals surface area contributed by atoms with Gasteiger partial charge in [-0.15, -0.1) is 0 Å². The number of carbonyl (C=O) groups excluding carboxylic acids is 6. The summed E-state index contributed by atoms with van der Waals surface area (Å²) in [6.45, 7) is 26.0. The van der Waals surface area contributed by atoms with E-state index < -0.39 is 19.7 Å². The molecule has 25 nitrogen and oxygen atoms in total. The molecule has 12 aliphatic rings. The summed E-state index contributed by atoms with van der Waals surface area (Å²) in [6.07, 6.45) is 39.5. The van der Waals surface area contributed by atoms with Crippen molar-refractivity contribution in [3.8, 4) is 0 Å². The number of thioether (sulfide) groups is 1. The maximum absolute atomic E-state index is 12.6. The highest BCUT2D eigenvalue weighted by Crippen LogP contribution is 2.30. The zero-order chi connectivity index (χ0) is 82.3. The summed E-state index contributed by atoms with van der Waals surface area (Å²) >= 11 is 2.08. The molecule has 0 radical (unpaired) electrons.